The number of carbonyl (C=O) groups excluding carboxylic acids is 1. The van der Waals surface area contributed by atoms with Crippen molar-refractivity contribution in [1.82, 2.24) is 4.90 Å². The zero-order valence-electron chi connectivity index (χ0n) is 15.6. The van der Waals surface area contributed by atoms with Crippen LogP contribution in [0.15, 0.2) is 40.8 Å². The Labute approximate surface area is 159 Å². The molecule has 2 fully saturated rings. The van der Waals surface area contributed by atoms with E-state index in [2.05, 4.69) is 28.4 Å². The molecule has 0 unspecified atom stereocenters. The highest BCUT2D eigenvalue weighted by Gasteiger charge is 2.48. The summed E-state index contributed by atoms with van der Waals surface area (Å²) in [6.07, 6.45) is 5.24. The second-order valence-corrected chi connectivity index (χ2v) is 8.02. The maximum absolute atomic E-state index is 12.7. The van der Waals surface area contributed by atoms with Gasteiger partial charge in [0.1, 0.15) is 17.6 Å². The Morgan fingerprint density at radius 1 is 1.11 bits per heavy atom. The molecule has 27 heavy (non-hydrogen) atoms. The van der Waals surface area contributed by atoms with Crippen LogP contribution in [-0.4, -0.2) is 30.5 Å². The zero-order chi connectivity index (χ0) is 18.3. The van der Waals surface area contributed by atoms with Gasteiger partial charge in [-0.1, -0.05) is 18.2 Å². The summed E-state index contributed by atoms with van der Waals surface area (Å²) in [7, 11) is 0. The molecule has 2 saturated heterocycles. The number of carbonyl (C=O) groups is 1. The van der Waals surface area contributed by atoms with Gasteiger partial charge in [0, 0.05) is 12.3 Å². The lowest BCUT2D eigenvalue weighted by Gasteiger charge is -2.37. The van der Waals surface area contributed by atoms with E-state index in [4.69, 9.17) is 9.15 Å². The summed E-state index contributed by atoms with van der Waals surface area (Å²) in [4.78, 5) is 15.1. The van der Waals surface area contributed by atoms with E-state index in [0.29, 0.717) is 0 Å². The molecule has 0 saturated carbocycles. The number of nitrogens with one attached hydrogen (secondary N) is 1. The molecule has 4 heterocycles. The number of rotatable bonds is 3. The number of amides is 1. The van der Waals surface area contributed by atoms with E-state index in [9.17, 15) is 4.79 Å². The molecule has 1 aromatic heterocycles. The zero-order valence-corrected chi connectivity index (χ0v) is 15.6. The molecule has 142 valence electrons. The summed E-state index contributed by atoms with van der Waals surface area (Å²) in [6.45, 7) is 3.43. The fourth-order valence-electron chi connectivity index (χ4n) is 4.80. The molecule has 5 heteroatoms. The summed E-state index contributed by atoms with van der Waals surface area (Å²) < 4.78 is 11.9. The first-order valence-corrected chi connectivity index (χ1v) is 10.1. The first kappa shape index (κ1) is 17.0. The van der Waals surface area contributed by atoms with Gasteiger partial charge in [-0.25, -0.2) is 0 Å². The number of anilines is 1. The SMILES string of the molecule is O=C1Nc2ccccc2C12CCN(Cc1ccc([C@H]3CCCCO3)o1)CC2. The molecule has 0 bridgehead atoms. The third-order valence-corrected chi connectivity index (χ3v) is 6.39. The highest BCUT2D eigenvalue weighted by atomic mass is 16.5. The van der Waals surface area contributed by atoms with Gasteiger partial charge in [0.15, 0.2) is 0 Å². The molecule has 5 nitrogen and oxygen atoms in total. The number of nitrogens with zero attached hydrogens (tertiary/aromatic N) is 1. The van der Waals surface area contributed by atoms with Crippen LogP contribution in [0.25, 0.3) is 0 Å². The minimum Gasteiger partial charge on any atom is -0.462 e. The van der Waals surface area contributed by atoms with Crippen molar-refractivity contribution in [3.63, 3.8) is 0 Å². The number of para-hydroxylation sites is 1. The molecule has 0 radical (unpaired) electrons. The van der Waals surface area contributed by atoms with Crippen molar-refractivity contribution in [2.75, 3.05) is 25.0 Å². The monoisotopic (exact) mass is 366 g/mol. The lowest BCUT2D eigenvalue weighted by atomic mass is 9.73. The van der Waals surface area contributed by atoms with Crippen LogP contribution in [-0.2, 0) is 21.5 Å². The van der Waals surface area contributed by atoms with Gasteiger partial charge in [0.25, 0.3) is 0 Å². The van der Waals surface area contributed by atoms with Crippen molar-refractivity contribution in [2.24, 2.45) is 0 Å². The van der Waals surface area contributed by atoms with Crippen molar-refractivity contribution in [3.05, 3.63) is 53.5 Å². The minimum absolute atomic E-state index is 0.121. The molecule has 1 amide bonds. The van der Waals surface area contributed by atoms with E-state index < -0.39 is 0 Å². The molecule has 5 rings (SSSR count). The third kappa shape index (κ3) is 2.99. The van der Waals surface area contributed by atoms with Gasteiger partial charge in [-0.3, -0.25) is 9.69 Å². The molecule has 1 aromatic carbocycles. The fraction of sp³-hybridized carbons (Fsp3) is 0.500. The van der Waals surface area contributed by atoms with E-state index >= 15 is 0 Å². The maximum Gasteiger partial charge on any atom is 0.235 e. The Kier molecular flexibility index (Phi) is 4.29. The lowest BCUT2D eigenvalue weighted by Crippen LogP contribution is -2.46. The summed E-state index contributed by atoms with van der Waals surface area (Å²) in [5.41, 5.74) is 1.81. The number of likely N-dealkylation sites (tertiary alicyclic amines) is 1. The molecule has 3 aliphatic rings. The normalized spacial score (nSPS) is 24.7. The fourth-order valence-corrected chi connectivity index (χ4v) is 4.80. The number of piperidine rings is 1. The van der Waals surface area contributed by atoms with Gasteiger partial charge < -0.3 is 14.5 Å². The molecule has 1 spiro atoms. The van der Waals surface area contributed by atoms with Crippen molar-refractivity contribution in [3.8, 4) is 0 Å². The number of fused-ring (bicyclic) bond motifs is 2. The Bertz CT molecular complexity index is 830. The largest absolute Gasteiger partial charge is 0.462 e. The number of hydrogen-bond acceptors (Lipinski definition) is 4. The molecule has 0 aliphatic carbocycles. The van der Waals surface area contributed by atoms with Gasteiger partial charge in [0.2, 0.25) is 5.91 Å². The van der Waals surface area contributed by atoms with Crippen LogP contribution in [0.1, 0.15) is 55.3 Å². The highest BCUT2D eigenvalue weighted by Crippen LogP contribution is 2.44. The number of benzene rings is 1. The first-order valence-electron chi connectivity index (χ1n) is 10.1. The lowest BCUT2D eigenvalue weighted by molar-refractivity contribution is -0.122. The summed E-state index contributed by atoms with van der Waals surface area (Å²) in [6, 6.07) is 12.3. The standard InChI is InChI=1S/C22H26N2O3/c25-21-22(17-5-1-2-6-18(17)23-21)10-12-24(13-11-22)15-16-8-9-20(27-16)19-7-3-4-14-26-19/h1-2,5-6,8-9,19H,3-4,7,10-15H2,(H,23,25)/t19-/m1/s1. The Hall–Kier alpha value is -2.11. The van der Waals surface area contributed by atoms with E-state index in [0.717, 1.165) is 69.1 Å². The Morgan fingerprint density at radius 2 is 1.96 bits per heavy atom. The molecule has 3 aliphatic heterocycles. The average molecular weight is 366 g/mol. The predicted molar refractivity (Wildman–Crippen MR) is 103 cm³/mol. The van der Waals surface area contributed by atoms with Crippen LogP contribution < -0.4 is 5.32 Å². The number of furan rings is 1. The number of hydrogen-bond donors (Lipinski definition) is 1. The van der Waals surface area contributed by atoms with Crippen molar-refractivity contribution >= 4 is 11.6 Å². The molecule has 1 atom stereocenters. The van der Waals surface area contributed by atoms with Gasteiger partial charge >= 0.3 is 0 Å². The van der Waals surface area contributed by atoms with E-state index in [1.54, 1.807) is 0 Å². The smallest absolute Gasteiger partial charge is 0.235 e. The topological polar surface area (TPSA) is 54.7 Å². The summed E-state index contributed by atoms with van der Waals surface area (Å²) >= 11 is 0. The Morgan fingerprint density at radius 3 is 2.78 bits per heavy atom. The highest BCUT2D eigenvalue weighted by molar-refractivity contribution is 6.06. The van der Waals surface area contributed by atoms with Crippen LogP contribution in [0.2, 0.25) is 0 Å². The van der Waals surface area contributed by atoms with Crippen molar-refractivity contribution in [2.45, 2.75) is 50.2 Å². The van der Waals surface area contributed by atoms with Crippen LogP contribution >= 0.6 is 0 Å². The second kappa shape index (κ2) is 6.80. The van der Waals surface area contributed by atoms with E-state index in [1.165, 1.54) is 12.0 Å². The maximum atomic E-state index is 12.7. The van der Waals surface area contributed by atoms with Crippen LogP contribution in [0.4, 0.5) is 5.69 Å². The quantitative estimate of drug-likeness (QED) is 0.892. The van der Waals surface area contributed by atoms with Crippen molar-refractivity contribution < 1.29 is 13.9 Å². The number of ether oxygens (including phenoxy) is 1. The summed E-state index contributed by atoms with van der Waals surface area (Å²) in [5.74, 6) is 2.12. The molecular weight excluding hydrogens is 340 g/mol. The first-order chi connectivity index (χ1) is 13.2. The van der Waals surface area contributed by atoms with E-state index in [1.807, 2.05) is 18.2 Å². The Balaban J connectivity index is 1.24. The third-order valence-electron chi connectivity index (χ3n) is 6.39. The minimum atomic E-state index is -0.350. The summed E-state index contributed by atoms with van der Waals surface area (Å²) in [5, 5.41) is 3.07. The van der Waals surface area contributed by atoms with Gasteiger partial charge in [0.05, 0.1) is 12.0 Å². The van der Waals surface area contributed by atoms with Crippen LogP contribution in [0.5, 0.6) is 0 Å². The van der Waals surface area contributed by atoms with Crippen molar-refractivity contribution in [1.29, 1.82) is 0 Å². The molecule has 2 aromatic rings. The van der Waals surface area contributed by atoms with Crippen LogP contribution in [0.3, 0.4) is 0 Å². The van der Waals surface area contributed by atoms with Gasteiger partial charge in [-0.2, -0.15) is 0 Å². The molecule has 1 N–H and O–H groups in total. The second-order valence-electron chi connectivity index (χ2n) is 8.02. The van der Waals surface area contributed by atoms with E-state index in [-0.39, 0.29) is 17.4 Å². The molecular formula is C22H26N2O3. The average Bonchev–Trinajstić information content (AvgIpc) is 3.28. The van der Waals surface area contributed by atoms with Crippen LogP contribution in [0, 0.1) is 0 Å². The van der Waals surface area contributed by atoms with Gasteiger partial charge in [-0.15, -0.1) is 0 Å². The van der Waals surface area contributed by atoms with Gasteiger partial charge in [-0.05, 0) is 69.0 Å². The predicted octanol–water partition coefficient (Wildman–Crippen LogP) is 4.01.